The first-order valence-corrected chi connectivity index (χ1v) is 8.43. The normalized spacial score (nSPS) is 24.8. The molecule has 0 radical (unpaired) electrons. The number of ether oxygens (including phenoxy) is 1. The minimum Gasteiger partial charge on any atom is -0.365 e. The molecule has 1 aromatic heterocycles. The Balaban J connectivity index is 1.63. The lowest BCUT2D eigenvalue weighted by Crippen LogP contribution is -2.47. The van der Waals surface area contributed by atoms with Gasteiger partial charge in [-0.25, -0.2) is 0 Å². The standard InChI is InChI=1S/C17H24N4O3/c1-12-3-4-15(24-12)16(22)19-13-5-6-18-14(11-13)17(23)21-9-7-20(2)8-10-21/h5-6,11-12,15H,3-4,7-10H2,1-2H3,(H,18,19,22). The zero-order chi connectivity index (χ0) is 17.1. The van der Waals surface area contributed by atoms with Gasteiger partial charge < -0.3 is 19.9 Å². The van der Waals surface area contributed by atoms with E-state index >= 15 is 0 Å². The number of hydrogen-bond acceptors (Lipinski definition) is 5. The molecule has 1 N–H and O–H groups in total. The fraction of sp³-hybridized carbons (Fsp3) is 0.588. The summed E-state index contributed by atoms with van der Waals surface area (Å²) in [5, 5.41) is 2.83. The van der Waals surface area contributed by atoms with E-state index in [1.54, 1.807) is 23.2 Å². The van der Waals surface area contributed by atoms with Gasteiger partial charge >= 0.3 is 0 Å². The summed E-state index contributed by atoms with van der Waals surface area (Å²) < 4.78 is 5.57. The molecule has 1 aromatic rings. The molecule has 2 saturated heterocycles. The van der Waals surface area contributed by atoms with Crippen LogP contribution in [0.2, 0.25) is 0 Å². The predicted octanol–water partition coefficient (Wildman–Crippen LogP) is 0.975. The van der Waals surface area contributed by atoms with E-state index in [0.717, 1.165) is 25.9 Å². The molecule has 0 spiro atoms. The van der Waals surface area contributed by atoms with Gasteiger partial charge in [-0.15, -0.1) is 0 Å². The lowest BCUT2D eigenvalue weighted by molar-refractivity contribution is -0.126. The van der Waals surface area contributed by atoms with Crippen LogP contribution in [0.25, 0.3) is 0 Å². The average Bonchev–Trinajstić information content (AvgIpc) is 3.02. The van der Waals surface area contributed by atoms with Gasteiger partial charge in [0.1, 0.15) is 11.8 Å². The summed E-state index contributed by atoms with van der Waals surface area (Å²) in [5.41, 5.74) is 0.939. The highest BCUT2D eigenvalue weighted by atomic mass is 16.5. The molecule has 2 amide bonds. The molecule has 7 heteroatoms. The summed E-state index contributed by atoms with van der Waals surface area (Å²) >= 11 is 0. The van der Waals surface area contributed by atoms with Crippen LogP contribution in [0.15, 0.2) is 18.3 Å². The van der Waals surface area contributed by atoms with Crippen LogP contribution in [0.1, 0.15) is 30.3 Å². The molecule has 2 unspecified atom stereocenters. The van der Waals surface area contributed by atoms with Gasteiger partial charge in [-0.1, -0.05) is 0 Å². The highest BCUT2D eigenvalue weighted by molar-refractivity contribution is 5.97. The second-order valence-corrected chi connectivity index (χ2v) is 6.53. The van der Waals surface area contributed by atoms with E-state index in [1.807, 2.05) is 14.0 Å². The maximum absolute atomic E-state index is 12.6. The number of rotatable bonds is 3. The van der Waals surface area contributed by atoms with Crippen molar-refractivity contribution in [2.45, 2.75) is 32.0 Å². The molecule has 0 saturated carbocycles. The van der Waals surface area contributed by atoms with Crippen LogP contribution in [0.3, 0.4) is 0 Å². The summed E-state index contributed by atoms with van der Waals surface area (Å²) in [6, 6.07) is 3.33. The van der Waals surface area contributed by atoms with Gasteiger partial charge in [0.25, 0.3) is 11.8 Å². The van der Waals surface area contributed by atoms with Crippen LogP contribution in [-0.4, -0.2) is 72.0 Å². The maximum atomic E-state index is 12.6. The van der Waals surface area contributed by atoms with Crippen molar-refractivity contribution in [1.29, 1.82) is 0 Å². The van der Waals surface area contributed by atoms with Gasteiger partial charge in [0.15, 0.2) is 0 Å². The van der Waals surface area contributed by atoms with Crippen molar-refractivity contribution >= 4 is 17.5 Å². The van der Waals surface area contributed by atoms with Crippen molar-refractivity contribution in [2.75, 3.05) is 38.5 Å². The Bertz CT molecular complexity index is 614. The fourth-order valence-corrected chi connectivity index (χ4v) is 3.02. The van der Waals surface area contributed by atoms with E-state index in [1.165, 1.54) is 0 Å². The molecule has 3 heterocycles. The van der Waals surface area contributed by atoms with Crippen molar-refractivity contribution in [3.63, 3.8) is 0 Å². The molecule has 130 valence electrons. The lowest BCUT2D eigenvalue weighted by atomic mass is 10.2. The number of nitrogens with one attached hydrogen (secondary N) is 1. The molecule has 3 rings (SSSR count). The van der Waals surface area contributed by atoms with E-state index in [2.05, 4.69) is 15.2 Å². The third kappa shape index (κ3) is 3.91. The lowest BCUT2D eigenvalue weighted by Gasteiger charge is -2.32. The Morgan fingerprint density at radius 3 is 2.67 bits per heavy atom. The topological polar surface area (TPSA) is 74.8 Å². The van der Waals surface area contributed by atoms with Crippen LogP contribution >= 0.6 is 0 Å². The van der Waals surface area contributed by atoms with Crippen molar-refractivity contribution in [1.82, 2.24) is 14.8 Å². The van der Waals surface area contributed by atoms with Crippen LogP contribution < -0.4 is 5.32 Å². The van der Waals surface area contributed by atoms with E-state index in [0.29, 0.717) is 24.5 Å². The first-order valence-electron chi connectivity index (χ1n) is 8.43. The number of carbonyl (C=O) groups is 2. The van der Waals surface area contributed by atoms with E-state index in [9.17, 15) is 9.59 Å². The number of amides is 2. The number of aromatic nitrogens is 1. The second-order valence-electron chi connectivity index (χ2n) is 6.53. The first kappa shape index (κ1) is 16.9. The van der Waals surface area contributed by atoms with Crippen LogP contribution in [-0.2, 0) is 9.53 Å². The Morgan fingerprint density at radius 2 is 2.00 bits per heavy atom. The number of nitrogens with zero attached hydrogens (tertiary/aromatic N) is 3. The monoisotopic (exact) mass is 332 g/mol. The highest BCUT2D eigenvalue weighted by Gasteiger charge is 2.28. The van der Waals surface area contributed by atoms with E-state index in [-0.39, 0.29) is 17.9 Å². The molecule has 0 aromatic carbocycles. The van der Waals surface area contributed by atoms with Crippen molar-refractivity contribution in [3.8, 4) is 0 Å². The third-order valence-corrected chi connectivity index (χ3v) is 4.56. The number of piperazine rings is 1. The van der Waals surface area contributed by atoms with Crippen molar-refractivity contribution in [3.05, 3.63) is 24.0 Å². The van der Waals surface area contributed by atoms with E-state index in [4.69, 9.17) is 4.74 Å². The van der Waals surface area contributed by atoms with Gasteiger partial charge in [0, 0.05) is 38.1 Å². The summed E-state index contributed by atoms with van der Waals surface area (Å²) in [6.07, 6.45) is 2.88. The van der Waals surface area contributed by atoms with Crippen molar-refractivity contribution < 1.29 is 14.3 Å². The largest absolute Gasteiger partial charge is 0.365 e. The Labute approximate surface area is 142 Å². The summed E-state index contributed by atoms with van der Waals surface area (Å²) in [5.74, 6) is -0.256. The number of hydrogen-bond donors (Lipinski definition) is 1. The number of likely N-dealkylation sites (N-methyl/N-ethyl adjacent to an activating group) is 1. The predicted molar refractivity (Wildman–Crippen MR) is 89.8 cm³/mol. The smallest absolute Gasteiger partial charge is 0.272 e. The van der Waals surface area contributed by atoms with Gasteiger partial charge in [0.2, 0.25) is 0 Å². The quantitative estimate of drug-likeness (QED) is 0.893. The third-order valence-electron chi connectivity index (χ3n) is 4.56. The van der Waals surface area contributed by atoms with Gasteiger partial charge in [-0.2, -0.15) is 0 Å². The Kier molecular flexibility index (Phi) is 5.11. The zero-order valence-corrected chi connectivity index (χ0v) is 14.2. The number of pyridine rings is 1. The molecular weight excluding hydrogens is 308 g/mol. The van der Waals surface area contributed by atoms with Gasteiger partial charge in [0.05, 0.1) is 6.10 Å². The zero-order valence-electron chi connectivity index (χ0n) is 14.2. The highest BCUT2D eigenvalue weighted by Crippen LogP contribution is 2.21. The van der Waals surface area contributed by atoms with Crippen molar-refractivity contribution in [2.24, 2.45) is 0 Å². The minimum atomic E-state index is -0.412. The van der Waals surface area contributed by atoms with Crippen LogP contribution in [0, 0.1) is 0 Å². The molecule has 2 fully saturated rings. The molecule has 0 bridgehead atoms. The molecule has 24 heavy (non-hydrogen) atoms. The van der Waals surface area contributed by atoms with Gasteiger partial charge in [-0.05, 0) is 38.9 Å². The molecule has 2 atom stereocenters. The first-order chi connectivity index (χ1) is 11.5. The summed E-state index contributed by atoms with van der Waals surface area (Å²) in [7, 11) is 2.04. The maximum Gasteiger partial charge on any atom is 0.272 e. The summed E-state index contributed by atoms with van der Waals surface area (Å²) in [4.78, 5) is 32.9. The minimum absolute atomic E-state index is 0.0927. The molecular formula is C17H24N4O3. The van der Waals surface area contributed by atoms with Crippen LogP contribution in [0.5, 0.6) is 0 Å². The molecule has 7 nitrogen and oxygen atoms in total. The molecule has 2 aliphatic heterocycles. The Hall–Kier alpha value is -1.99. The number of carbonyl (C=O) groups excluding carboxylic acids is 2. The second kappa shape index (κ2) is 7.27. The van der Waals surface area contributed by atoms with Gasteiger partial charge in [-0.3, -0.25) is 14.6 Å². The summed E-state index contributed by atoms with van der Waals surface area (Å²) in [6.45, 7) is 5.08. The number of anilines is 1. The molecule has 0 aliphatic carbocycles. The Morgan fingerprint density at radius 1 is 1.25 bits per heavy atom. The average molecular weight is 332 g/mol. The fourth-order valence-electron chi connectivity index (χ4n) is 3.02. The SMILES string of the molecule is CC1CCC(C(=O)Nc2ccnc(C(=O)N3CCN(C)CC3)c2)O1. The van der Waals surface area contributed by atoms with E-state index < -0.39 is 6.10 Å². The molecule has 2 aliphatic rings. The van der Waals surface area contributed by atoms with Crippen LogP contribution in [0.4, 0.5) is 5.69 Å².